The third-order valence-corrected chi connectivity index (χ3v) is 4.58. The van der Waals surface area contributed by atoms with Crippen molar-refractivity contribution < 1.29 is 4.74 Å². The molecule has 0 radical (unpaired) electrons. The van der Waals surface area contributed by atoms with Crippen LogP contribution in [0.1, 0.15) is 36.8 Å². The molecule has 0 aromatic heterocycles. The highest BCUT2D eigenvalue weighted by atomic mass is 79.9. The highest BCUT2D eigenvalue weighted by molar-refractivity contribution is 9.10. The van der Waals surface area contributed by atoms with Gasteiger partial charge in [0.25, 0.3) is 0 Å². The molecular weight excluding hydrogens is 416 g/mol. The van der Waals surface area contributed by atoms with E-state index >= 15 is 0 Å². The third kappa shape index (κ3) is 7.36. The van der Waals surface area contributed by atoms with Crippen molar-refractivity contribution in [2.75, 3.05) is 11.9 Å². The van der Waals surface area contributed by atoms with Crippen LogP contribution >= 0.6 is 31.9 Å². The van der Waals surface area contributed by atoms with Crippen LogP contribution < -0.4 is 4.74 Å². The van der Waals surface area contributed by atoms with Crippen LogP contribution in [-0.2, 0) is 0 Å². The van der Waals surface area contributed by atoms with E-state index in [4.69, 9.17) is 4.74 Å². The van der Waals surface area contributed by atoms with Gasteiger partial charge >= 0.3 is 0 Å². The van der Waals surface area contributed by atoms with Gasteiger partial charge in [-0.15, -0.1) is 0 Å². The summed E-state index contributed by atoms with van der Waals surface area (Å²) in [5, 5.41) is 1.10. The van der Waals surface area contributed by atoms with Gasteiger partial charge in [0.05, 0.1) is 6.61 Å². The van der Waals surface area contributed by atoms with Crippen LogP contribution in [0.25, 0.3) is 12.2 Å². The Labute approximate surface area is 156 Å². The van der Waals surface area contributed by atoms with Gasteiger partial charge < -0.3 is 4.74 Å². The predicted molar refractivity (Wildman–Crippen MR) is 107 cm³/mol. The lowest BCUT2D eigenvalue weighted by molar-refractivity contribution is 0.305. The van der Waals surface area contributed by atoms with Gasteiger partial charge in [-0.3, -0.25) is 0 Å². The normalized spacial score (nSPS) is 11.0. The lowest BCUT2D eigenvalue weighted by Gasteiger charge is -2.06. The summed E-state index contributed by atoms with van der Waals surface area (Å²) in [4.78, 5) is 0. The van der Waals surface area contributed by atoms with Crippen LogP contribution in [0.3, 0.4) is 0 Å². The molecule has 0 saturated heterocycles. The van der Waals surface area contributed by atoms with Crippen molar-refractivity contribution in [1.82, 2.24) is 0 Å². The molecule has 2 aromatic carbocycles. The van der Waals surface area contributed by atoms with E-state index in [1.54, 1.807) is 0 Å². The molecule has 1 nitrogen and oxygen atoms in total. The maximum atomic E-state index is 5.84. The lowest BCUT2D eigenvalue weighted by atomic mass is 10.1. The van der Waals surface area contributed by atoms with Crippen LogP contribution in [0.2, 0.25) is 0 Å². The number of rotatable bonds is 9. The predicted octanol–water partition coefficient (Wildman–Crippen LogP) is 6.95. The summed E-state index contributed by atoms with van der Waals surface area (Å²) < 4.78 is 6.94. The van der Waals surface area contributed by atoms with Gasteiger partial charge in [-0.25, -0.2) is 0 Å². The average Bonchev–Trinajstić information content (AvgIpc) is 2.58. The molecule has 0 fully saturated rings. The molecule has 2 rings (SSSR count). The first-order valence-electron chi connectivity index (χ1n) is 8.00. The van der Waals surface area contributed by atoms with Gasteiger partial charge in [0, 0.05) is 9.80 Å². The first-order chi connectivity index (χ1) is 11.3. The second kappa shape index (κ2) is 10.7. The molecule has 0 unspecified atom stereocenters. The number of hydrogen-bond donors (Lipinski definition) is 0. The average molecular weight is 438 g/mol. The number of unbranched alkanes of at least 4 members (excludes halogenated alkanes) is 3. The maximum Gasteiger partial charge on any atom is 0.119 e. The quantitative estimate of drug-likeness (QED) is 0.234. The Hall–Kier alpha value is -1.06. The number of alkyl halides is 1. The summed E-state index contributed by atoms with van der Waals surface area (Å²) in [6.45, 7) is 0.794. The van der Waals surface area contributed by atoms with E-state index in [1.807, 2.05) is 12.1 Å². The Kier molecular flexibility index (Phi) is 8.48. The molecule has 122 valence electrons. The molecule has 0 bridgehead atoms. The molecule has 2 aromatic rings. The number of benzene rings is 2. The van der Waals surface area contributed by atoms with Crippen molar-refractivity contribution in [3.05, 3.63) is 64.1 Å². The highest BCUT2D eigenvalue weighted by Crippen LogP contribution is 2.17. The number of hydrogen-bond acceptors (Lipinski definition) is 1. The number of halogens is 2. The van der Waals surface area contributed by atoms with Crippen molar-refractivity contribution in [1.29, 1.82) is 0 Å². The minimum Gasteiger partial charge on any atom is -0.494 e. The SMILES string of the molecule is BrCCCCCCOc1cccc(C=Cc2ccc(Br)cc2)c1. The zero-order chi connectivity index (χ0) is 16.3. The summed E-state index contributed by atoms with van der Waals surface area (Å²) in [5.41, 5.74) is 2.34. The van der Waals surface area contributed by atoms with Crippen LogP contribution in [0.15, 0.2) is 53.0 Å². The van der Waals surface area contributed by atoms with Crippen molar-refractivity contribution in [3.8, 4) is 5.75 Å². The van der Waals surface area contributed by atoms with Gasteiger partial charge in [-0.1, -0.05) is 81.1 Å². The second-order valence-corrected chi connectivity index (χ2v) is 7.12. The fraction of sp³-hybridized carbons (Fsp3) is 0.300. The molecule has 0 saturated carbocycles. The Morgan fingerprint density at radius 3 is 2.35 bits per heavy atom. The molecule has 0 aliphatic carbocycles. The van der Waals surface area contributed by atoms with Gasteiger partial charge in [0.1, 0.15) is 5.75 Å². The van der Waals surface area contributed by atoms with E-state index in [2.05, 4.69) is 80.4 Å². The molecule has 0 spiro atoms. The van der Waals surface area contributed by atoms with E-state index in [0.29, 0.717) is 0 Å². The summed E-state index contributed by atoms with van der Waals surface area (Å²) in [6, 6.07) is 16.5. The van der Waals surface area contributed by atoms with E-state index in [-0.39, 0.29) is 0 Å². The van der Waals surface area contributed by atoms with Crippen molar-refractivity contribution in [3.63, 3.8) is 0 Å². The van der Waals surface area contributed by atoms with Crippen LogP contribution in [-0.4, -0.2) is 11.9 Å². The Morgan fingerprint density at radius 2 is 1.57 bits per heavy atom. The topological polar surface area (TPSA) is 9.23 Å². The zero-order valence-corrected chi connectivity index (χ0v) is 16.4. The van der Waals surface area contributed by atoms with E-state index in [9.17, 15) is 0 Å². The standard InChI is InChI=1S/C20H22Br2O/c21-14-3-1-2-4-15-23-20-7-5-6-18(16-20)9-8-17-10-12-19(22)13-11-17/h5-13,16H,1-4,14-15H2. The second-order valence-electron chi connectivity index (χ2n) is 5.41. The van der Waals surface area contributed by atoms with Crippen LogP contribution in [0.4, 0.5) is 0 Å². The Morgan fingerprint density at radius 1 is 0.826 bits per heavy atom. The van der Waals surface area contributed by atoms with Crippen molar-refractivity contribution in [2.45, 2.75) is 25.7 Å². The van der Waals surface area contributed by atoms with Crippen LogP contribution in [0, 0.1) is 0 Å². The molecule has 23 heavy (non-hydrogen) atoms. The van der Waals surface area contributed by atoms with Crippen LogP contribution in [0.5, 0.6) is 5.75 Å². The van der Waals surface area contributed by atoms with Gasteiger partial charge in [0.2, 0.25) is 0 Å². The van der Waals surface area contributed by atoms with E-state index in [1.165, 1.54) is 24.8 Å². The summed E-state index contributed by atoms with van der Waals surface area (Å²) in [7, 11) is 0. The zero-order valence-electron chi connectivity index (χ0n) is 13.2. The first kappa shape index (κ1) is 18.3. The Bertz CT molecular complexity index is 605. The lowest BCUT2D eigenvalue weighted by Crippen LogP contribution is -1.97. The molecule has 0 aliphatic heterocycles. The van der Waals surface area contributed by atoms with Crippen molar-refractivity contribution in [2.24, 2.45) is 0 Å². The fourth-order valence-corrected chi connectivity index (χ4v) is 2.88. The molecule has 0 N–H and O–H groups in total. The largest absolute Gasteiger partial charge is 0.494 e. The first-order valence-corrected chi connectivity index (χ1v) is 9.92. The summed E-state index contributed by atoms with van der Waals surface area (Å²) >= 11 is 6.91. The van der Waals surface area contributed by atoms with E-state index in [0.717, 1.165) is 34.1 Å². The molecule has 0 atom stereocenters. The third-order valence-electron chi connectivity index (χ3n) is 3.49. The van der Waals surface area contributed by atoms with Gasteiger partial charge in [0.15, 0.2) is 0 Å². The molecule has 0 heterocycles. The highest BCUT2D eigenvalue weighted by Gasteiger charge is 1.96. The van der Waals surface area contributed by atoms with Crippen molar-refractivity contribution >= 4 is 44.0 Å². The van der Waals surface area contributed by atoms with E-state index < -0.39 is 0 Å². The Balaban J connectivity index is 1.83. The summed E-state index contributed by atoms with van der Waals surface area (Å²) in [6.07, 6.45) is 9.10. The smallest absolute Gasteiger partial charge is 0.119 e. The summed E-state index contributed by atoms with van der Waals surface area (Å²) in [5.74, 6) is 0.948. The molecule has 0 amide bonds. The fourth-order valence-electron chi connectivity index (χ4n) is 2.21. The molecule has 3 heteroatoms. The minimum absolute atomic E-state index is 0.794. The molecular formula is C20H22Br2O. The van der Waals surface area contributed by atoms with Gasteiger partial charge in [-0.2, -0.15) is 0 Å². The molecule has 0 aliphatic rings. The minimum atomic E-state index is 0.794. The maximum absolute atomic E-state index is 5.84. The number of ether oxygens (including phenoxy) is 1. The monoisotopic (exact) mass is 436 g/mol. The van der Waals surface area contributed by atoms with Gasteiger partial charge in [-0.05, 0) is 48.2 Å².